The second-order valence-electron chi connectivity index (χ2n) is 8.04. The fraction of sp³-hybridized carbons (Fsp3) is 0.333. The third-order valence-corrected chi connectivity index (χ3v) is 6.04. The summed E-state index contributed by atoms with van der Waals surface area (Å²) in [5.41, 5.74) is 4.26. The zero-order valence-corrected chi connectivity index (χ0v) is 17.3. The number of aryl methyl sites for hydroxylation is 1. The van der Waals surface area contributed by atoms with Crippen molar-refractivity contribution in [3.8, 4) is 0 Å². The molecule has 0 atom stereocenters. The predicted octanol–water partition coefficient (Wildman–Crippen LogP) is 5.42. The Morgan fingerprint density at radius 1 is 0.586 bits per heavy atom. The molecule has 0 unspecified atom stereocenters. The van der Waals surface area contributed by atoms with Crippen molar-refractivity contribution in [3.05, 3.63) is 108 Å². The highest BCUT2D eigenvalue weighted by atomic mass is 15.3. The van der Waals surface area contributed by atoms with E-state index < -0.39 is 0 Å². The summed E-state index contributed by atoms with van der Waals surface area (Å²) in [4.78, 5) is 5.31. The molecule has 0 spiro atoms. The summed E-state index contributed by atoms with van der Waals surface area (Å²) in [6.07, 6.45) is 3.77. The summed E-state index contributed by atoms with van der Waals surface area (Å²) < 4.78 is 0. The summed E-state index contributed by atoms with van der Waals surface area (Å²) in [7, 11) is 0. The normalized spacial score (nSPS) is 15.6. The van der Waals surface area contributed by atoms with Crippen molar-refractivity contribution in [2.45, 2.75) is 25.3 Å². The second-order valence-corrected chi connectivity index (χ2v) is 8.04. The Labute approximate surface area is 175 Å². The molecule has 0 aromatic heterocycles. The molecule has 1 heterocycles. The van der Waals surface area contributed by atoms with Crippen molar-refractivity contribution in [2.75, 3.05) is 32.7 Å². The molecule has 29 heavy (non-hydrogen) atoms. The first-order valence-corrected chi connectivity index (χ1v) is 11.0. The van der Waals surface area contributed by atoms with Gasteiger partial charge < -0.3 is 4.90 Å². The van der Waals surface area contributed by atoms with E-state index >= 15 is 0 Å². The van der Waals surface area contributed by atoms with Crippen LogP contribution in [0.4, 0.5) is 0 Å². The van der Waals surface area contributed by atoms with Gasteiger partial charge in [0.15, 0.2) is 0 Å². The van der Waals surface area contributed by atoms with Crippen LogP contribution in [0.25, 0.3) is 0 Å². The van der Waals surface area contributed by atoms with E-state index in [-0.39, 0.29) is 0 Å². The molecule has 0 amide bonds. The maximum atomic E-state index is 2.66. The molecule has 1 saturated heterocycles. The third kappa shape index (κ3) is 5.56. The number of unbranched alkanes of at least 4 members (excludes halogenated alkanes) is 1. The van der Waals surface area contributed by atoms with Gasteiger partial charge in [0, 0.05) is 26.2 Å². The molecule has 1 aliphatic rings. The Bertz CT molecular complexity index is 785. The fourth-order valence-corrected chi connectivity index (χ4v) is 4.44. The molecule has 2 heteroatoms. The second kappa shape index (κ2) is 10.4. The lowest BCUT2D eigenvalue weighted by atomic mass is 9.96. The first-order valence-electron chi connectivity index (χ1n) is 11.0. The molecule has 0 N–H and O–H groups in total. The van der Waals surface area contributed by atoms with Gasteiger partial charge in [0.25, 0.3) is 0 Å². The third-order valence-electron chi connectivity index (χ3n) is 6.04. The topological polar surface area (TPSA) is 6.48 Å². The number of hydrogen-bond acceptors (Lipinski definition) is 2. The SMILES string of the molecule is c1ccc(CCCCN2CCN(C(c3ccccc3)c3ccccc3)CC2)cc1. The van der Waals surface area contributed by atoms with Crippen LogP contribution >= 0.6 is 0 Å². The van der Waals surface area contributed by atoms with Crippen LogP contribution in [0.3, 0.4) is 0 Å². The molecule has 1 aliphatic heterocycles. The zero-order chi connectivity index (χ0) is 19.7. The van der Waals surface area contributed by atoms with Crippen LogP contribution in [-0.2, 0) is 6.42 Å². The maximum Gasteiger partial charge on any atom is 0.0602 e. The van der Waals surface area contributed by atoms with Gasteiger partial charge in [0.1, 0.15) is 0 Å². The molecule has 150 valence electrons. The molecule has 0 bridgehead atoms. The minimum Gasteiger partial charge on any atom is -0.301 e. The molecule has 0 aliphatic carbocycles. The summed E-state index contributed by atoms with van der Waals surface area (Å²) >= 11 is 0. The molecule has 0 saturated carbocycles. The van der Waals surface area contributed by atoms with Crippen molar-refractivity contribution < 1.29 is 0 Å². The Morgan fingerprint density at radius 3 is 1.66 bits per heavy atom. The minimum atomic E-state index is 0.359. The van der Waals surface area contributed by atoms with E-state index in [4.69, 9.17) is 0 Å². The van der Waals surface area contributed by atoms with E-state index in [1.807, 2.05) is 0 Å². The van der Waals surface area contributed by atoms with Crippen LogP contribution in [0.15, 0.2) is 91.0 Å². The number of rotatable bonds is 8. The first-order chi connectivity index (χ1) is 14.4. The van der Waals surface area contributed by atoms with E-state index in [0.717, 1.165) is 13.1 Å². The smallest absolute Gasteiger partial charge is 0.0602 e. The van der Waals surface area contributed by atoms with Gasteiger partial charge in [-0.2, -0.15) is 0 Å². The highest BCUT2D eigenvalue weighted by Gasteiger charge is 2.25. The molecule has 2 nitrogen and oxygen atoms in total. The monoisotopic (exact) mass is 384 g/mol. The Balaban J connectivity index is 1.30. The lowest BCUT2D eigenvalue weighted by Crippen LogP contribution is -2.48. The van der Waals surface area contributed by atoms with Gasteiger partial charge in [-0.1, -0.05) is 91.0 Å². The van der Waals surface area contributed by atoms with Gasteiger partial charge in [-0.15, -0.1) is 0 Å². The molecule has 0 radical (unpaired) electrons. The van der Waals surface area contributed by atoms with E-state index in [9.17, 15) is 0 Å². The van der Waals surface area contributed by atoms with Gasteiger partial charge in [0.05, 0.1) is 6.04 Å². The summed E-state index contributed by atoms with van der Waals surface area (Å²) in [6, 6.07) is 33.2. The predicted molar refractivity (Wildman–Crippen MR) is 122 cm³/mol. The van der Waals surface area contributed by atoms with E-state index in [0.29, 0.717) is 6.04 Å². The highest BCUT2D eigenvalue weighted by molar-refractivity contribution is 5.32. The molecule has 3 aromatic carbocycles. The van der Waals surface area contributed by atoms with Crippen LogP contribution in [0.5, 0.6) is 0 Å². The molecule has 1 fully saturated rings. The Hall–Kier alpha value is -2.42. The molecular weight excluding hydrogens is 352 g/mol. The van der Waals surface area contributed by atoms with Gasteiger partial charge in [-0.3, -0.25) is 4.90 Å². The number of hydrogen-bond donors (Lipinski definition) is 0. The van der Waals surface area contributed by atoms with Crippen molar-refractivity contribution in [3.63, 3.8) is 0 Å². The zero-order valence-electron chi connectivity index (χ0n) is 17.3. The average Bonchev–Trinajstić information content (AvgIpc) is 2.80. The summed E-state index contributed by atoms with van der Waals surface area (Å²) in [5.74, 6) is 0. The lowest BCUT2D eigenvalue weighted by molar-refractivity contribution is 0.108. The average molecular weight is 385 g/mol. The van der Waals surface area contributed by atoms with E-state index in [1.54, 1.807) is 0 Å². The van der Waals surface area contributed by atoms with Crippen LogP contribution in [-0.4, -0.2) is 42.5 Å². The van der Waals surface area contributed by atoms with Gasteiger partial charge in [-0.25, -0.2) is 0 Å². The molecule has 3 aromatic rings. The van der Waals surface area contributed by atoms with Gasteiger partial charge in [-0.05, 0) is 42.5 Å². The Morgan fingerprint density at radius 2 is 1.10 bits per heavy atom. The lowest BCUT2D eigenvalue weighted by Gasteiger charge is -2.39. The van der Waals surface area contributed by atoms with E-state index in [1.165, 1.54) is 55.6 Å². The number of piperazine rings is 1. The molecule has 4 rings (SSSR count). The van der Waals surface area contributed by atoms with Gasteiger partial charge >= 0.3 is 0 Å². The largest absolute Gasteiger partial charge is 0.301 e. The van der Waals surface area contributed by atoms with Crippen molar-refractivity contribution >= 4 is 0 Å². The van der Waals surface area contributed by atoms with Crippen LogP contribution in [0.2, 0.25) is 0 Å². The first kappa shape index (κ1) is 19.9. The van der Waals surface area contributed by atoms with Crippen molar-refractivity contribution in [2.24, 2.45) is 0 Å². The van der Waals surface area contributed by atoms with Crippen LogP contribution in [0.1, 0.15) is 35.6 Å². The fourth-order valence-electron chi connectivity index (χ4n) is 4.44. The highest BCUT2D eigenvalue weighted by Crippen LogP contribution is 2.29. The van der Waals surface area contributed by atoms with E-state index in [2.05, 4.69) is 101 Å². The van der Waals surface area contributed by atoms with Crippen molar-refractivity contribution in [1.29, 1.82) is 0 Å². The number of nitrogens with zero attached hydrogens (tertiary/aromatic N) is 2. The van der Waals surface area contributed by atoms with Crippen LogP contribution < -0.4 is 0 Å². The quantitative estimate of drug-likeness (QED) is 0.479. The summed E-state index contributed by atoms with van der Waals surface area (Å²) in [6.45, 7) is 5.82. The Kier molecular flexibility index (Phi) is 7.12. The summed E-state index contributed by atoms with van der Waals surface area (Å²) in [5, 5.41) is 0. The minimum absolute atomic E-state index is 0.359. The maximum absolute atomic E-state index is 2.66. The number of benzene rings is 3. The van der Waals surface area contributed by atoms with Gasteiger partial charge in [0.2, 0.25) is 0 Å². The van der Waals surface area contributed by atoms with Crippen molar-refractivity contribution in [1.82, 2.24) is 9.80 Å². The molecular formula is C27H32N2. The standard InChI is InChI=1S/C27H32N2/c1-4-12-24(13-5-1)14-10-11-19-28-20-22-29(23-21-28)27(25-15-6-2-7-16-25)26-17-8-3-9-18-26/h1-9,12-13,15-18,27H,10-11,14,19-23H2. The van der Waals surface area contributed by atoms with Crippen LogP contribution in [0, 0.1) is 0 Å².